The van der Waals surface area contributed by atoms with Crippen molar-refractivity contribution in [3.63, 3.8) is 0 Å². The lowest BCUT2D eigenvalue weighted by molar-refractivity contribution is -0.119. The van der Waals surface area contributed by atoms with Gasteiger partial charge in [0.2, 0.25) is 5.91 Å². The van der Waals surface area contributed by atoms with Gasteiger partial charge >= 0.3 is 0 Å². The molecule has 0 bridgehead atoms. The number of halogens is 1. The van der Waals surface area contributed by atoms with E-state index >= 15 is 0 Å². The van der Waals surface area contributed by atoms with E-state index in [1.807, 2.05) is 0 Å². The topological polar surface area (TPSA) is 101 Å². The van der Waals surface area contributed by atoms with Crippen LogP contribution >= 0.6 is 11.6 Å². The van der Waals surface area contributed by atoms with Crippen molar-refractivity contribution in [3.05, 3.63) is 53.1 Å². The lowest BCUT2D eigenvalue weighted by Crippen LogP contribution is -2.34. The van der Waals surface area contributed by atoms with Crippen molar-refractivity contribution >= 4 is 38.9 Å². The highest BCUT2D eigenvalue weighted by Crippen LogP contribution is 2.24. The summed E-state index contributed by atoms with van der Waals surface area (Å²) in [5.74, 6) is -0.665. The zero-order valence-electron chi connectivity index (χ0n) is 14.8. The van der Waals surface area contributed by atoms with Gasteiger partial charge in [-0.15, -0.1) is 0 Å². The summed E-state index contributed by atoms with van der Waals surface area (Å²) in [5.41, 5.74) is 7.08. The number of carbonyl (C=O) groups is 1. The third kappa shape index (κ3) is 4.97. The molecule has 140 valence electrons. The number of benzene rings is 2. The second-order valence-corrected chi connectivity index (χ2v) is 8.32. The number of hydrogen-bond acceptors (Lipinski definition) is 4. The minimum Gasteiger partial charge on any atom is -0.327 e. The molecule has 4 N–H and O–H groups in total. The predicted octanol–water partition coefficient (Wildman–Crippen LogP) is 3.37. The molecule has 26 heavy (non-hydrogen) atoms. The van der Waals surface area contributed by atoms with Crippen molar-refractivity contribution in [1.82, 2.24) is 0 Å². The van der Waals surface area contributed by atoms with Crippen LogP contribution in [0, 0.1) is 12.8 Å². The second kappa shape index (κ2) is 8.07. The van der Waals surface area contributed by atoms with Crippen LogP contribution < -0.4 is 15.8 Å². The van der Waals surface area contributed by atoms with E-state index in [1.165, 1.54) is 6.07 Å². The van der Waals surface area contributed by atoms with Crippen molar-refractivity contribution < 1.29 is 13.2 Å². The Morgan fingerprint density at radius 3 is 2.23 bits per heavy atom. The van der Waals surface area contributed by atoms with Crippen molar-refractivity contribution in [2.45, 2.75) is 31.7 Å². The number of nitrogens with two attached hydrogens (primary N) is 1. The van der Waals surface area contributed by atoms with Crippen LogP contribution in [0.2, 0.25) is 5.02 Å². The van der Waals surface area contributed by atoms with Crippen molar-refractivity contribution in [1.29, 1.82) is 0 Å². The average molecular weight is 396 g/mol. The SMILES string of the molecule is Cc1ccc(NC(=O)C(C)C(C)N)cc1S(=O)(=O)Nc1ccc(Cl)cc1. The van der Waals surface area contributed by atoms with Gasteiger partial charge in [-0.1, -0.05) is 24.6 Å². The highest BCUT2D eigenvalue weighted by molar-refractivity contribution is 7.92. The molecule has 0 spiro atoms. The van der Waals surface area contributed by atoms with Crippen LogP contribution in [0.4, 0.5) is 11.4 Å². The number of nitrogens with one attached hydrogen (secondary N) is 2. The first-order valence-electron chi connectivity index (χ1n) is 8.05. The van der Waals surface area contributed by atoms with Crippen LogP contribution in [0.25, 0.3) is 0 Å². The van der Waals surface area contributed by atoms with Gasteiger partial charge in [-0.25, -0.2) is 8.42 Å². The van der Waals surface area contributed by atoms with E-state index in [2.05, 4.69) is 10.0 Å². The summed E-state index contributed by atoms with van der Waals surface area (Å²) in [5, 5.41) is 3.22. The molecule has 0 aliphatic heterocycles. The lowest BCUT2D eigenvalue weighted by Gasteiger charge is -2.17. The zero-order valence-corrected chi connectivity index (χ0v) is 16.4. The summed E-state index contributed by atoms with van der Waals surface area (Å²) in [6, 6.07) is 10.8. The van der Waals surface area contributed by atoms with E-state index in [0.717, 1.165) is 0 Å². The van der Waals surface area contributed by atoms with Gasteiger partial charge in [0.05, 0.1) is 10.8 Å². The Balaban J connectivity index is 2.28. The van der Waals surface area contributed by atoms with Gasteiger partial charge < -0.3 is 11.1 Å². The molecular weight excluding hydrogens is 374 g/mol. The maximum Gasteiger partial charge on any atom is 0.262 e. The number of aryl methyl sites for hydroxylation is 1. The first-order valence-corrected chi connectivity index (χ1v) is 9.92. The normalized spacial score (nSPS) is 13.7. The van der Waals surface area contributed by atoms with E-state index < -0.39 is 15.9 Å². The van der Waals surface area contributed by atoms with Gasteiger partial charge in [0.15, 0.2) is 0 Å². The first kappa shape index (κ1) is 20.2. The van der Waals surface area contributed by atoms with Crippen LogP contribution in [0.1, 0.15) is 19.4 Å². The van der Waals surface area contributed by atoms with Gasteiger partial charge in [-0.2, -0.15) is 0 Å². The molecule has 1 amide bonds. The molecule has 0 radical (unpaired) electrons. The van der Waals surface area contributed by atoms with E-state index in [4.69, 9.17) is 17.3 Å². The zero-order chi connectivity index (χ0) is 19.5. The molecule has 0 saturated heterocycles. The minimum atomic E-state index is -3.82. The van der Waals surface area contributed by atoms with Gasteiger partial charge in [0, 0.05) is 22.4 Å². The summed E-state index contributed by atoms with van der Waals surface area (Å²) in [6.45, 7) is 5.14. The Morgan fingerprint density at radius 2 is 1.65 bits per heavy atom. The summed E-state index contributed by atoms with van der Waals surface area (Å²) >= 11 is 5.82. The minimum absolute atomic E-state index is 0.0821. The maximum atomic E-state index is 12.7. The van der Waals surface area contributed by atoms with Gasteiger partial charge in [0.1, 0.15) is 0 Å². The molecule has 0 aliphatic carbocycles. The van der Waals surface area contributed by atoms with E-state index in [0.29, 0.717) is 22.0 Å². The molecular formula is C18H22ClN3O3S. The lowest BCUT2D eigenvalue weighted by atomic mass is 10.0. The van der Waals surface area contributed by atoms with Gasteiger partial charge in [0.25, 0.3) is 10.0 Å². The molecule has 0 saturated carbocycles. The molecule has 2 rings (SSSR count). The van der Waals surface area contributed by atoms with Gasteiger partial charge in [-0.05, 0) is 55.8 Å². The molecule has 2 unspecified atom stereocenters. The first-order chi connectivity index (χ1) is 12.1. The summed E-state index contributed by atoms with van der Waals surface area (Å²) in [7, 11) is -3.82. The Hall–Kier alpha value is -2.09. The molecule has 2 aromatic rings. The molecule has 0 aliphatic rings. The molecule has 0 heterocycles. The highest BCUT2D eigenvalue weighted by Gasteiger charge is 2.20. The number of amides is 1. The monoisotopic (exact) mass is 395 g/mol. The number of sulfonamides is 1. The van der Waals surface area contributed by atoms with E-state index in [-0.39, 0.29) is 16.8 Å². The number of carbonyl (C=O) groups excluding carboxylic acids is 1. The van der Waals surface area contributed by atoms with Crippen LogP contribution in [0.5, 0.6) is 0 Å². The predicted molar refractivity (Wildman–Crippen MR) is 105 cm³/mol. The quantitative estimate of drug-likeness (QED) is 0.697. The number of anilines is 2. The largest absolute Gasteiger partial charge is 0.327 e. The Kier molecular flexibility index (Phi) is 6.28. The third-order valence-corrected chi connectivity index (χ3v) is 5.82. The van der Waals surface area contributed by atoms with Crippen molar-refractivity contribution in [3.8, 4) is 0 Å². The summed E-state index contributed by atoms with van der Waals surface area (Å²) in [4.78, 5) is 12.2. The van der Waals surface area contributed by atoms with Crippen LogP contribution in [-0.2, 0) is 14.8 Å². The van der Waals surface area contributed by atoms with Crippen molar-refractivity contribution in [2.24, 2.45) is 11.7 Å². The average Bonchev–Trinajstić information content (AvgIpc) is 2.57. The Labute approximate surface area is 158 Å². The van der Waals surface area contributed by atoms with E-state index in [9.17, 15) is 13.2 Å². The van der Waals surface area contributed by atoms with Crippen molar-refractivity contribution in [2.75, 3.05) is 10.0 Å². The fraction of sp³-hybridized carbons (Fsp3) is 0.278. The number of rotatable bonds is 6. The summed E-state index contributed by atoms with van der Waals surface area (Å²) < 4.78 is 27.9. The van der Waals surface area contributed by atoms with Crippen LogP contribution in [-0.4, -0.2) is 20.4 Å². The van der Waals surface area contributed by atoms with E-state index in [1.54, 1.807) is 57.2 Å². The third-order valence-electron chi connectivity index (χ3n) is 4.04. The molecule has 2 atom stereocenters. The Bertz CT molecular complexity index is 896. The summed E-state index contributed by atoms with van der Waals surface area (Å²) in [6.07, 6.45) is 0. The molecule has 8 heteroatoms. The van der Waals surface area contributed by atoms with Crippen LogP contribution in [0.3, 0.4) is 0 Å². The fourth-order valence-electron chi connectivity index (χ4n) is 2.19. The smallest absolute Gasteiger partial charge is 0.262 e. The molecule has 2 aromatic carbocycles. The van der Waals surface area contributed by atoms with Crippen LogP contribution in [0.15, 0.2) is 47.4 Å². The standard InChI is InChI=1S/C18H22ClN3O3S/c1-11-4-7-16(21-18(23)12(2)13(3)20)10-17(11)26(24,25)22-15-8-5-14(19)6-9-15/h4-10,12-13,22H,20H2,1-3H3,(H,21,23). The van der Waals surface area contributed by atoms with Gasteiger partial charge in [-0.3, -0.25) is 9.52 Å². The highest BCUT2D eigenvalue weighted by atomic mass is 35.5. The molecule has 0 aromatic heterocycles. The number of hydrogen-bond donors (Lipinski definition) is 3. The maximum absolute atomic E-state index is 12.7. The Morgan fingerprint density at radius 1 is 1.08 bits per heavy atom. The fourth-order valence-corrected chi connectivity index (χ4v) is 3.65. The second-order valence-electron chi connectivity index (χ2n) is 6.23. The molecule has 6 nitrogen and oxygen atoms in total. The molecule has 0 fully saturated rings.